The van der Waals surface area contributed by atoms with Gasteiger partial charge in [0.1, 0.15) is 23.3 Å². The summed E-state index contributed by atoms with van der Waals surface area (Å²) in [5.74, 6) is 0.709. The average Bonchev–Trinajstić information content (AvgIpc) is 3.59. The van der Waals surface area contributed by atoms with Crippen LogP contribution in [-0.4, -0.2) is 37.6 Å². The minimum Gasteiger partial charge on any atom is -0.495 e. The topological polar surface area (TPSA) is 111 Å². The maximum Gasteiger partial charge on any atom is 0.259 e. The molecule has 0 saturated heterocycles. The first kappa shape index (κ1) is 27.3. The Hall–Kier alpha value is -5.23. The Bertz CT molecular complexity index is 1790. The summed E-state index contributed by atoms with van der Waals surface area (Å²) in [4.78, 5) is 18.1. The molecule has 2 heterocycles. The van der Waals surface area contributed by atoms with E-state index in [0.717, 1.165) is 33.9 Å². The molecule has 2 aromatic heterocycles. The van der Waals surface area contributed by atoms with E-state index in [2.05, 4.69) is 26.7 Å². The summed E-state index contributed by atoms with van der Waals surface area (Å²) in [5.41, 5.74) is 6.02. The van der Waals surface area contributed by atoms with Crippen LogP contribution in [0.2, 0.25) is 0 Å². The molecule has 0 aliphatic rings. The van der Waals surface area contributed by atoms with E-state index in [-0.39, 0.29) is 17.1 Å². The Morgan fingerprint density at radius 1 is 1.07 bits per heavy atom. The number of anilines is 1. The second kappa shape index (κ2) is 10.7. The van der Waals surface area contributed by atoms with Gasteiger partial charge >= 0.3 is 0 Å². The Labute approximate surface area is 239 Å². The number of hydrogen-bond acceptors (Lipinski definition) is 6. The molecule has 0 saturated carbocycles. The first-order valence-electron chi connectivity index (χ1n) is 13.2. The second-order valence-corrected chi connectivity index (χ2v) is 10.9. The van der Waals surface area contributed by atoms with E-state index in [1.54, 1.807) is 23.0 Å². The molecule has 3 aromatic carbocycles. The summed E-state index contributed by atoms with van der Waals surface area (Å²) in [5, 5.41) is 21.4. The van der Waals surface area contributed by atoms with Crippen LogP contribution in [0.1, 0.15) is 47.8 Å². The SMILES string of the molecule is COc1c(C#N)cc(C(C)(C)C)cc1C(=O)Nc1ccc(C)c(-n2cc(-c3cnc(-c4ccccc4)n3C)nn2)c1. The van der Waals surface area contributed by atoms with Crippen molar-refractivity contribution in [2.75, 3.05) is 12.4 Å². The van der Waals surface area contributed by atoms with Crippen LogP contribution in [0, 0.1) is 18.3 Å². The zero-order valence-electron chi connectivity index (χ0n) is 23.9. The van der Waals surface area contributed by atoms with Gasteiger partial charge in [-0.2, -0.15) is 5.26 Å². The molecule has 0 bridgehead atoms. The van der Waals surface area contributed by atoms with E-state index < -0.39 is 0 Å². The molecule has 0 radical (unpaired) electrons. The lowest BCUT2D eigenvalue weighted by atomic mass is 9.84. The number of imidazole rings is 1. The third-order valence-electron chi connectivity index (χ3n) is 7.01. The van der Waals surface area contributed by atoms with E-state index in [4.69, 9.17) is 4.74 Å². The number of aromatic nitrogens is 5. The highest BCUT2D eigenvalue weighted by Gasteiger charge is 2.23. The van der Waals surface area contributed by atoms with Crippen molar-refractivity contribution in [1.82, 2.24) is 24.5 Å². The predicted molar refractivity (Wildman–Crippen MR) is 158 cm³/mol. The molecule has 1 amide bonds. The summed E-state index contributed by atoms with van der Waals surface area (Å²) in [6.45, 7) is 8.06. The summed E-state index contributed by atoms with van der Waals surface area (Å²) in [6.07, 6.45) is 3.63. The van der Waals surface area contributed by atoms with Gasteiger partial charge in [-0.15, -0.1) is 5.10 Å². The highest BCUT2D eigenvalue weighted by atomic mass is 16.5. The molecule has 5 rings (SSSR count). The van der Waals surface area contributed by atoms with Gasteiger partial charge in [-0.1, -0.05) is 62.4 Å². The van der Waals surface area contributed by atoms with Gasteiger partial charge in [0.2, 0.25) is 0 Å². The highest BCUT2D eigenvalue weighted by Crippen LogP contribution is 2.32. The number of carbonyl (C=O) groups is 1. The van der Waals surface area contributed by atoms with Crippen LogP contribution in [0.25, 0.3) is 28.5 Å². The van der Waals surface area contributed by atoms with E-state index >= 15 is 0 Å². The number of amides is 1. The van der Waals surface area contributed by atoms with Crippen LogP contribution in [0.5, 0.6) is 5.75 Å². The minimum atomic E-state index is -0.373. The van der Waals surface area contributed by atoms with Gasteiger partial charge in [-0.05, 0) is 47.7 Å². The van der Waals surface area contributed by atoms with E-state index in [1.165, 1.54) is 7.11 Å². The van der Waals surface area contributed by atoms with Gasteiger partial charge in [0.05, 0.1) is 42.0 Å². The summed E-state index contributed by atoms with van der Waals surface area (Å²) in [7, 11) is 3.41. The number of aryl methyl sites for hydroxylation is 1. The Morgan fingerprint density at radius 2 is 1.83 bits per heavy atom. The van der Waals surface area contributed by atoms with E-state index in [1.807, 2.05) is 94.0 Å². The monoisotopic (exact) mass is 545 g/mol. The lowest BCUT2D eigenvalue weighted by Gasteiger charge is -2.22. The van der Waals surface area contributed by atoms with Gasteiger partial charge in [0.15, 0.2) is 0 Å². The smallest absolute Gasteiger partial charge is 0.259 e. The number of nitrogens with zero attached hydrogens (tertiary/aromatic N) is 6. The van der Waals surface area contributed by atoms with Crippen molar-refractivity contribution >= 4 is 11.6 Å². The van der Waals surface area contributed by atoms with Crippen LogP contribution in [0.4, 0.5) is 5.69 Å². The maximum atomic E-state index is 13.5. The lowest BCUT2D eigenvalue weighted by molar-refractivity contribution is 0.102. The van der Waals surface area contributed by atoms with Gasteiger partial charge in [-0.3, -0.25) is 4.79 Å². The molecule has 9 nitrogen and oxygen atoms in total. The average molecular weight is 546 g/mol. The molecule has 0 aliphatic heterocycles. The van der Waals surface area contributed by atoms with Gasteiger partial charge in [-0.25, -0.2) is 9.67 Å². The molecule has 0 aliphatic carbocycles. The number of nitrogens with one attached hydrogen (secondary N) is 1. The largest absolute Gasteiger partial charge is 0.495 e. The fourth-order valence-corrected chi connectivity index (χ4v) is 4.67. The van der Waals surface area contributed by atoms with Crippen LogP contribution in [0.15, 0.2) is 73.1 Å². The normalized spacial score (nSPS) is 11.2. The predicted octanol–water partition coefficient (Wildman–Crippen LogP) is 6.07. The number of nitriles is 1. The minimum absolute atomic E-state index is 0.248. The maximum absolute atomic E-state index is 13.5. The number of benzene rings is 3. The number of hydrogen-bond donors (Lipinski definition) is 1. The van der Waals surface area contributed by atoms with Crippen LogP contribution in [0.3, 0.4) is 0 Å². The third kappa shape index (κ3) is 5.32. The van der Waals surface area contributed by atoms with Crippen molar-refractivity contribution < 1.29 is 9.53 Å². The van der Waals surface area contributed by atoms with Crippen molar-refractivity contribution in [3.8, 4) is 40.3 Å². The number of rotatable bonds is 6. The lowest BCUT2D eigenvalue weighted by Crippen LogP contribution is -2.18. The van der Waals surface area contributed by atoms with Crippen LogP contribution >= 0.6 is 0 Å². The van der Waals surface area contributed by atoms with E-state index in [0.29, 0.717) is 22.5 Å². The Balaban J connectivity index is 1.45. The fourth-order valence-electron chi connectivity index (χ4n) is 4.67. The molecule has 0 spiro atoms. The number of methoxy groups -OCH3 is 1. The zero-order chi connectivity index (χ0) is 29.3. The quantitative estimate of drug-likeness (QED) is 0.277. The van der Waals surface area contributed by atoms with Crippen LogP contribution < -0.4 is 10.1 Å². The molecule has 41 heavy (non-hydrogen) atoms. The third-order valence-corrected chi connectivity index (χ3v) is 7.01. The Morgan fingerprint density at radius 3 is 2.51 bits per heavy atom. The van der Waals surface area contributed by atoms with Crippen molar-refractivity contribution in [3.63, 3.8) is 0 Å². The molecular formula is C32H31N7O2. The number of carbonyl (C=O) groups excluding carboxylic acids is 1. The van der Waals surface area contributed by atoms with Gasteiger partial charge in [0, 0.05) is 18.3 Å². The summed E-state index contributed by atoms with van der Waals surface area (Å²) >= 11 is 0. The summed E-state index contributed by atoms with van der Waals surface area (Å²) in [6, 6.07) is 21.3. The Kier molecular flexibility index (Phi) is 7.16. The fraction of sp³-hybridized carbons (Fsp3) is 0.219. The van der Waals surface area contributed by atoms with Crippen molar-refractivity contribution in [2.24, 2.45) is 7.05 Å². The molecule has 0 fully saturated rings. The van der Waals surface area contributed by atoms with Crippen molar-refractivity contribution in [1.29, 1.82) is 5.26 Å². The molecule has 1 N–H and O–H groups in total. The van der Waals surface area contributed by atoms with Gasteiger partial charge < -0.3 is 14.6 Å². The van der Waals surface area contributed by atoms with Crippen molar-refractivity contribution in [2.45, 2.75) is 33.1 Å². The molecule has 206 valence electrons. The molecule has 0 unspecified atom stereocenters. The van der Waals surface area contributed by atoms with E-state index in [9.17, 15) is 10.1 Å². The summed E-state index contributed by atoms with van der Waals surface area (Å²) < 4.78 is 9.15. The van der Waals surface area contributed by atoms with Crippen LogP contribution in [-0.2, 0) is 12.5 Å². The van der Waals surface area contributed by atoms with Crippen molar-refractivity contribution in [3.05, 3.63) is 95.3 Å². The highest BCUT2D eigenvalue weighted by molar-refractivity contribution is 6.07. The first-order valence-corrected chi connectivity index (χ1v) is 13.2. The molecule has 5 aromatic rings. The first-order chi connectivity index (χ1) is 19.6. The zero-order valence-corrected chi connectivity index (χ0v) is 23.9. The number of ether oxygens (including phenoxy) is 1. The molecular weight excluding hydrogens is 514 g/mol. The molecule has 0 atom stereocenters. The van der Waals surface area contributed by atoms with Gasteiger partial charge in [0.25, 0.3) is 5.91 Å². The second-order valence-electron chi connectivity index (χ2n) is 10.9. The molecule has 9 heteroatoms. The standard InChI is InChI=1S/C32H31N7O2/c1-20-12-13-24(35-31(40)25-15-23(32(2,3)4)14-22(17-33)29(25)41-6)16-27(20)39-19-26(36-37-39)28-18-34-30(38(28)5)21-10-8-7-9-11-21/h7-16,18-19H,1-6H3,(H,35,40).